The summed E-state index contributed by atoms with van der Waals surface area (Å²) in [7, 11) is 0. The summed E-state index contributed by atoms with van der Waals surface area (Å²) in [6.45, 7) is 6.59. The van der Waals surface area contributed by atoms with E-state index in [1.165, 1.54) is 173 Å². The Kier molecular flexibility index (Phi) is 54.3. The van der Waals surface area contributed by atoms with E-state index in [1.807, 2.05) is 0 Å². The minimum atomic E-state index is -0.783. The summed E-state index contributed by atoms with van der Waals surface area (Å²) in [6.07, 6.45) is 70.6. The Labute approximate surface area is 421 Å². The maximum absolute atomic E-state index is 12.9. The lowest BCUT2D eigenvalue weighted by Crippen LogP contribution is -2.30. The number of unbranched alkanes of at least 4 members (excludes halogenated alkanes) is 32. The molecule has 68 heavy (non-hydrogen) atoms. The van der Waals surface area contributed by atoms with E-state index >= 15 is 0 Å². The Morgan fingerprint density at radius 1 is 0.294 bits per heavy atom. The molecule has 0 N–H and O–H groups in total. The van der Waals surface area contributed by atoms with Crippen LogP contribution in [0.15, 0.2) is 60.8 Å². The second-order valence-electron chi connectivity index (χ2n) is 19.5. The quantitative estimate of drug-likeness (QED) is 0.0262. The zero-order valence-corrected chi connectivity index (χ0v) is 45.1. The van der Waals surface area contributed by atoms with Crippen molar-refractivity contribution in [2.45, 2.75) is 303 Å². The van der Waals surface area contributed by atoms with E-state index in [-0.39, 0.29) is 31.1 Å². The summed E-state index contributed by atoms with van der Waals surface area (Å²) in [5.74, 6) is -0.892. The van der Waals surface area contributed by atoms with Crippen LogP contribution in [-0.2, 0) is 28.6 Å². The number of carbonyl (C=O) groups is 3. The first-order valence-electron chi connectivity index (χ1n) is 29.3. The fraction of sp³-hybridized carbons (Fsp3) is 0.790. The Balaban J connectivity index is 4.34. The molecule has 0 aliphatic carbocycles. The number of hydrogen-bond acceptors (Lipinski definition) is 6. The van der Waals surface area contributed by atoms with Crippen LogP contribution in [0.1, 0.15) is 297 Å². The second-order valence-corrected chi connectivity index (χ2v) is 19.5. The van der Waals surface area contributed by atoms with Crippen molar-refractivity contribution in [2.24, 2.45) is 0 Å². The lowest BCUT2D eigenvalue weighted by molar-refractivity contribution is -0.167. The third kappa shape index (κ3) is 54.1. The molecule has 1 atom stereocenters. The molecule has 0 amide bonds. The van der Waals surface area contributed by atoms with Crippen molar-refractivity contribution < 1.29 is 28.6 Å². The molecule has 0 aromatic rings. The lowest BCUT2D eigenvalue weighted by Gasteiger charge is -2.18. The summed E-state index contributed by atoms with van der Waals surface area (Å²) in [5.41, 5.74) is 0. The van der Waals surface area contributed by atoms with Gasteiger partial charge in [0.2, 0.25) is 0 Å². The molecule has 0 saturated carbocycles. The zero-order chi connectivity index (χ0) is 49.3. The molecule has 6 nitrogen and oxygen atoms in total. The predicted octanol–water partition coefficient (Wildman–Crippen LogP) is 19.6. The summed E-state index contributed by atoms with van der Waals surface area (Å²) < 4.78 is 16.9. The van der Waals surface area contributed by atoms with Crippen molar-refractivity contribution in [1.29, 1.82) is 0 Å². The van der Waals surface area contributed by atoms with Crippen molar-refractivity contribution in [3.8, 4) is 0 Å². The molecule has 0 radical (unpaired) electrons. The van der Waals surface area contributed by atoms with E-state index in [0.29, 0.717) is 19.3 Å². The van der Waals surface area contributed by atoms with Gasteiger partial charge in [-0.1, -0.05) is 229 Å². The summed E-state index contributed by atoms with van der Waals surface area (Å²) in [4.78, 5) is 38.1. The molecular formula is C62H110O6. The first kappa shape index (κ1) is 65.1. The molecule has 0 aromatic heterocycles. The Bertz CT molecular complexity index is 1230. The van der Waals surface area contributed by atoms with Crippen molar-refractivity contribution in [1.82, 2.24) is 0 Å². The van der Waals surface area contributed by atoms with Crippen LogP contribution in [0.2, 0.25) is 0 Å². The second kappa shape index (κ2) is 56.7. The Hall–Kier alpha value is -2.89. The zero-order valence-electron chi connectivity index (χ0n) is 45.1. The van der Waals surface area contributed by atoms with E-state index in [4.69, 9.17) is 14.2 Å². The van der Waals surface area contributed by atoms with E-state index in [2.05, 4.69) is 81.5 Å². The summed E-state index contributed by atoms with van der Waals surface area (Å²) >= 11 is 0. The van der Waals surface area contributed by atoms with Gasteiger partial charge in [0.25, 0.3) is 0 Å². The molecule has 0 fully saturated rings. The minimum Gasteiger partial charge on any atom is -0.462 e. The fourth-order valence-electron chi connectivity index (χ4n) is 8.26. The maximum Gasteiger partial charge on any atom is 0.306 e. The van der Waals surface area contributed by atoms with Crippen LogP contribution >= 0.6 is 0 Å². The van der Waals surface area contributed by atoms with Crippen LogP contribution in [0.4, 0.5) is 0 Å². The van der Waals surface area contributed by atoms with Crippen LogP contribution in [0.3, 0.4) is 0 Å². The van der Waals surface area contributed by atoms with Crippen LogP contribution in [0.25, 0.3) is 0 Å². The maximum atomic E-state index is 12.9. The highest BCUT2D eigenvalue weighted by molar-refractivity contribution is 5.71. The largest absolute Gasteiger partial charge is 0.462 e. The van der Waals surface area contributed by atoms with Gasteiger partial charge in [-0.05, 0) is 109 Å². The molecule has 0 aromatic carbocycles. The first-order chi connectivity index (χ1) is 33.5. The molecule has 0 saturated heterocycles. The average molecular weight is 952 g/mol. The van der Waals surface area contributed by atoms with Gasteiger partial charge in [0.15, 0.2) is 6.10 Å². The van der Waals surface area contributed by atoms with Gasteiger partial charge in [0.1, 0.15) is 13.2 Å². The van der Waals surface area contributed by atoms with Crippen molar-refractivity contribution in [3.05, 3.63) is 60.8 Å². The summed E-state index contributed by atoms with van der Waals surface area (Å²) in [5, 5.41) is 0. The van der Waals surface area contributed by atoms with E-state index in [1.54, 1.807) is 0 Å². The third-order valence-electron chi connectivity index (χ3n) is 12.7. The van der Waals surface area contributed by atoms with E-state index in [9.17, 15) is 14.4 Å². The average Bonchev–Trinajstić information content (AvgIpc) is 3.34. The SMILES string of the molecule is CCCCC/C=C\C/C=C\CCCCCCCCCC(=O)OC(COC(=O)CCCCCCC/C=C\CCCCC)COC(=O)CCCCCCCCCCC/C=C\C/C=C\CCCCCCC. The van der Waals surface area contributed by atoms with Gasteiger partial charge in [-0.2, -0.15) is 0 Å². The normalized spacial score (nSPS) is 12.5. The minimum absolute atomic E-state index is 0.0814. The van der Waals surface area contributed by atoms with Gasteiger partial charge in [-0.15, -0.1) is 0 Å². The lowest BCUT2D eigenvalue weighted by atomic mass is 10.1. The molecule has 0 rings (SSSR count). The molecule has 6 heteroatoms. The molecule has 394 valence electrons. The van der Waals surface area contributed by atoms with Crippen molar-refractivity contribution in [3.63, 3.8) is 0 Å². The van der Waals surface area contributed by atoms with Gasteiger partial charge in [-0.25, -0.2) is 0 Å². The number of ether oxygens (including phenoxy) is 3. The Morgan fingerprint density at radius 2 is 0.529 bits per heavy atom. The fourth-order valence-corrected chi connectivity index (χ4v) is 8.26. The molecule has 0 bridgehead atoms. The van der Waals surface area contributed by atoms with E-state index in [0.717, 1.165) is 83.5 Å². The van der Waals surface area contributed by atoms with Gasteiger partial charge in [0, 0.05) is 19.3 Å². The van der Waals surface area contributed by atoms with Crippen LogP contribution in [0, 0.1) is 0 Å². The number of carbonyl (C=O) groups excluding carboxylic acids is 3. The highest BCUT2D eigenvalue weighted by atomic mass is 16.6. The number of rotatable bonds is 53. The molecule has 0 heterocycles. The predicted molar refractivity (Wildman–Crippen MR) is 293 cm³/mol. The standard InChI is InChI=1S/C62H110O6/c1-4-7-10-13-16-19-22-25-27-29-30-31-32-34-35-37-40-43-46-49-52-55-61(64)67-58-59(57-66-60(63)54-51-48-45-42-39-24-21-18-15-12-9-6-3)68-62(65)56-53-50-47-44-41-38-36-33-28-26-23-20-17-14-11-8-5-2/h17-18,20-22,25-26,28-30,59H,4-16,19,23-24,27,31-58H2,1-3H3/b20-17-,21-18-,25-22-,28-26-,30-29-. The first-order valence-corrected chi connectivity index (χ1v) is 29.3. The van der Waals surface area contributed by atoms with Crippen LogP contribution in [-0.4, -0.2) is 37.2 Å². The van der Waals surface area contributed by atoms with Crippen LogP contribution in [0.5, 0.6) is 0 Å². The third-order valence-corrected chi connectivity index (χ3v) is 12.7. The summed E-state index contributed by atoms with van der Waals surface area (Å²) in [6, 6.07) is 0. The number of allylic oxidation sites excluding steroid dienone is 10. The van der Waals surface area contributed by atoms with Gasteiger partial charge < -0.3 is 14.2 Å². The highest BCUT2D eigenvalue weighted by Crippen LogP contribution is 2.15. The number of hydrogen-bond donors (Lipinski definition) is 0. The smallest absolute Gasteiger partial charge is 0.306 e. The van der Waals surface area contributed by atoms with Gasteiger partial charge in [0.05, 0.1) is 0 Å². The molecular weight excluding hydrogens is 841 g/mol. The van der Waals surface area contributed by atoms with Crippen molar-refractivity contribution in [2.75, 3.05) is 13.2 Å². The molecule has 0 spiro atoms. The highest BCUT2D eigenvalue weighted by Gasteiger charge is 2.19. The molecule has 0 aliphatic heterocycles. The van der Waals surface area contributed by atoms with Crippen molar-refractivity contribution >= 4 is 17.9 Å². The van der Waals surface area contributed by atoms with Crippen LogP contribution < -0.4 is 0 Å². The Morgan fingerprint density at radius 3 is 0.853 bits per heavy atom. The molecule has 0 aliphatic rings. The number of esters is 3. The topological polar surface area (TPSA) is 78.9 Å². The van der Waals surface area contributed by atoms with E-state index < -0.39 is 6.10 Å². The molecule has 1 unspecified atom stereocenters. The van der Waals surface area contributed by atoms with Gasteiger partial charge >= 0.3 is 17.9 Å². The monoisotopic (exact) mass is 951 g/mol. The van der Waals surface area contributed by atoms with Gasteiger partial charge in [-0.3, -0.25) is 14.4 Å².